The number of nitrogens with two attached hydrogens (primary N) is 1. The second kappa shape index (κ2) is 9.31. The number of nitrogens with zero attached hydrogens (tertiary/aromatic N) is 1. The zero-order valence-corrected chi connectivity index (χ0v) is 16.7. The number of hydrogen-bond donors (Lipinski definition) is 3. The van der Waals surface area contributed by atoms with Gasteiger partial charge in [-0.05, 0) is 46.9 Å². The van der Waals surface area contributed by atoms with Gasteiger partial charge in [0.1, 0.15) is 22.3 Å². The molecule has 0 saturated heterocycles. The molecule has 0 aliphatic carbocycles. The Morgan fingerprint density at radius 3 is 2.23 bits per heavy atom. The number of nitrogen functional groups attached to an aromatic ring is 1. The molecule has 10 heteroatoms. The van der Waals surface area contributed by atoms with Gasteiger partial charge in [-0.25, -0.2) is 8.78 Å². The fraction of sp³-hybridized carbons (Fsp3) is 0.150. The van der Waals surface area contributed by atoms with Crippen LogP contribution in [-0.4, -0.2) is 23.3 Å². The minimum Gasteiger partial charge on any atom is -0.497 e. The monoisotopic (exact) mass is 432 g/mol. The molecule has 2 amide bonds. The van der Waals surface area contributed by atoms with Crippen LogP contribution < -0.4 is 21.1 Å². The highest BCUT2D eigenvalue weighted by Crippen LogP contribution is 2.22. The molecule has 3 rings (SSSR count). The summed E-state index contributed by atoms with van der Waals surface area (Å²) in [6.07, 6.45) is 0. The van der Waals surface area contributed by atoms with Gasteiger partial charge in [0.2, 0.25) is 0 Å². The fourth-order valence-corrected chi connectivity index (χ4v) is 3.32. The number of halogens is 2. The minimum atomic E-state index is -0.743. The highest BCUT2D eigenvalue weighted by atomic mass is 32.1. The van der Waals surface area contributed by atoms with Crippen molar-refractivity contribution in [3.05, 3.63) is 75.8 Å². The molecule has 2 aromatic carbocycles. The smallest absolute Gasteiger partial charge is 0.273 e. The number of carbonyl (C=O) groups excluding carboxylic acids is 2. The van der Waals surface area contributed by atoms with Gasteiger partial charge in [-0.3, -0.25) is 9.59 Å². The van der Waals surface area contributed by atoms with Crippen LogP contribution in [0.3, 0.4) is 0 Å². The summed E-state index contributed by atoms with van der Waals surface area (Å²) in [5.41, 5.74) is 6.90. The summed E-state index contributed by atoms with van der Waals surface area (Å²) >= 11 is 0.768. The van der Waals surface area contributed by atoms with Crippen molar-refractivity contribution < 1.29 is 23.1 Å². The van der Waals surface area contributed by atoms with Crippen molar-refractivity contribution in [3.63, 3.8) is 0 Å². The normalized spacial score (nSPS) is 10.5. The number of benzene rings is 2. The van der Waals surface area contributed by atoms with Gasteiger partial charge in [-0.1, -0.05) is 12.1 Å². The first-order chi connectivity index (χ1) is 14.4. The van der Waals surface area contributed by atoms with Crippen molar-refractivity contribution in [1.82, 2.24) is 15.0 Å². The Hall–Kier alpha value is -3.53. The van der Waals surface area contributed by atoms with Crippen LogP contribution in [0.25, 0.3) is 0 Å². The highest BCUT2D eigenvalue weighted by Gasteiger charge is 2.22. The molecule has 1 aromatic heterocycles. The van der Waals surface area contributed by atoms with Gasteiger partial charge in [-0.15, -0.1) is 0 Å². The van der Waals surface area contributed by atoms with Gasteiger partial charge in [-0.2, -0.15) is 4.37 Å². The van der Waals surface area contributed by atoms with E-state index in [9.17, 15) is 18.4 Å². The number of rotatable bonds is 7. The first kappa shape index (κ1) is 21.2. The summed E-state index contributed by atoms with van der Waals surface area (Å²) < 4.78 is 35.5. The zero-order valence-electron chi connectivity index (χ0n) is 15.9. The molecule has 0 spiro atoms. The molecule has 0 radical (unpaired) electrons. The Morgan fingerprint density at radius 2 is 1.60 bits per heavy atom. The fourth-order valence-electron chi connectivity index (χ4n) is 2.61. The van der Waals surface area contributed by atoms with E-state index < -0.39 is 23.4 Å². The molecule has 0 aliphatic heterocycles. The van der Waals surface area contributed by atoms with E-state index in [4.69, 9.17) is 10.5 Å². The van der Waals surface area contributed by atoms with Gasteiger partial charge in [0, 0.05) is 19.2 Å². The van der Waals surface area contributed by atoms with E-state index in [1.54, 1.807) is 31.4 Å². The minimum absolute atomic E-state index is 0.0430. The van der Waals surface area contributed by atoms with Crippen LogP contribution in [0.1, 0.15) is 31.3 Å². The van der Waals surface area contributed by atoms with Crippen molar-refractivity contribution in [2.45, 2.75) is 13.1 Å². The maximum atomic E-state index is 13.2. The molecule has 0 bridgehead atoms. The molecular weight excluding hydrogens is 414 g/mol. The lowest BCUT2D eigenvalue weighted by atomic mass is 10.2. The van der Waals surface area contributed by atoms with Crippen LogP contribution in [0.15, 0.2) is 42.5 Å². The predicted octanol–water partition coefficient (Wildman–Crippen LogP) is 2.87. The summed E-state index contributed by atoms with van der Waals surface area (Å²) in [5.74, 6) is -1.90. The third-order valence-corrected chi connectivity index (χ3v) is 5.00. The molecule has 156 valence electrons. The quantitative estimate of drug-likeness (QED) is 0.532. The highest BCUT2D eigenvalue weighted by molar-refractivity contribution is 7.09. The van der Waals surface area contributed by atoms with Crippen molar-refractivity contribution in [1.29, 1.82) is 0 Å². The molecule has 3 aromatic rings. The molecule has 0 unspecified atom stereocenters. The molecule has 1 heterocycles. The molecular formula is C20H18F2N4O3S. The van der Waals surface area contributed by atoms with Gasteiger partial charge in [0.05, 0.1) is 12.8 Å². The van der Waals surface area contributed by atoms with Crippen LogP contribution in [-0.2, 0) is 13.1 Å². The van der Waals surface area contributed by atoms with Gasteiger partial charge >= 0.3 is 0 Å². The lowest BCUT2D eigenvalue weighted by Gasteiger charge is -2.06. The lowest BCUT2D eigenvalue weighted by Crippen LogP contribution is -2.25. The molecule has 4 N–H and O–H groups in total. The van der Waals surface area contributed by atoms with Crippen molar-refractivity contribution >= 4 is 29.0 Å². The Labute approximate surface area is 175 Å². The standard InChI is InChI=1S/C20H18F2N4O3S/c1-29-15-4-2-11(3-5-15)9-24-19(27)17-16(23)18(30-26-17)20(28)25-10-12-6-13(21)8-14(22)7-12/h2-8H,9-10,23H2,1H3,(H,24,27)(H,25,28). The number of hydrogen-bond acceptors (Lipinski definition) is 6. The number of ether oxygens (including phenoxy) is 1. The van der Waals surface area contributed by atoms with E-state index in [0.29, 0.717) is 5.75 Å². The maximum absolute atomic E-state index is 13.2. The molecule has 0 saturated carbocycles. The Kier molecular flexibility index (Phi) is 6.58. The molecule has 0 atom stereocenters. The first-order valence-corrected chi connectivity index (χ1v) is 9.54. The van der Waals surface area contributed by atoms with Gasteiger partial charge in [0.25, 0.3) is 11.8 Å². The summed E-state index contributed by atoms with van der Waals surface area (Å²) in [4.78, 5) is 24.7. The molecule has 30 heavy (non-hydrogen) atoms. The second-order valence-corrected chi connectivity index (χ2v) is 7.04. The third-order valence-electron chi connectivity index (χ3n) is 4.14. The van der Waals surface area contributed by atoms with Crippen LogP contribution >= 0.6 is 11.5 Å². The first-order valence-electron chi connectivity index (χ1n) is 8.77. The Morgan fingerprint density at radius 1 is 1.00 bits per heavy atom. The van der Waals surface area contributed by atoms with E-state index in [1.807, 2.05) is 0 Å². The molecule has 7 nitrogen and oxygen atoms in total. The maximum Gasteiger partial charge on any atom is 0.273 e. The van der Waals surface area contributed by atoms with Crippen LogP contribution in [0.2, 0.25) is 0 Å². The van der Waals surface area contributed by atoms with Crippen molar-refractivity contribution in [2.75, 3.05) is 12.8 Å². The molecule has 0 aliphatic rings. The van der Waals surface area contributed by atoms with Crippen LogP contribution in [0.5, 0.6) is 5.75 Å². The number of aromatic nitrogens is 1. The van der Waals surface area contributed by atoms with Crippen LogP contribution in [0, 0.1) is 11.6 Å². The van der Waals surface area contributed by atoms with E-state index >= 15 is 0 Å². The Balaban J connectivity index is 1.60. The summed E-state index contributed by atoms with van der Waals surface area (Å²) in [7, 11) is 1.56. The lowest BCUT2D eigenvalue weighted by molar-refractivity contribution is 0.0946. The second-order valence-electron chi connectivity index (χ2n) is 6.27. The average Bonchev–Trinajstić information content (AvgIpc) is 3.11. The number of methoxy groups -OCH3 is 1. The average molecular weight is 432 g/mol. The van der Waals surface area contributed by atoms with Crippen LogP contribution in [0.4, 0.5) is 14.5 Å². The zero-order chi connectivity index (χ0) is 21.7. The number of carbonyl (C=O) groups is 2. The summed E-state index contributed by atoms with van der Waals surface area (Å²) in [6.45, 7) is 0.135. The third kappa shape index (κ3) is 5.09. The SMILES string of the molecule is COc1ccc(CNC(=O)c2nsc(C(=O)NCc3cc(F)cc(F)c3)c2N)cc1. The van der Waals surface area contributed by atoms with Crippen molar-refractivity contribution in [2.24, 2.45) is 0 Å². The van der Waals surface area contributed by atoms with E-state index in [2.05, 4.69) is 15.0 Å². The predicted molar refractivity (Wildman–Crippen MR) is 108 cm³/mol. The topological polar surface area (TPSA) is 106 Å². The number of nitrogens with one attached hydrogen (secondary N) is 2. The summed E-state index contributed by atoms with van der Waals surface area (Å²) in [6, 6.07) is 10.1. The van der Waals surface area contributed by atoms with Gasteiger partial charge in [0.15, 0.2) is 5.69 Å². The molecule has 0 fully saturated rings. The van der Waals surface area contributed by atoms with E-state index in [1.165, 1.54) is 0 Å². The van der Waals surface area contributed by atoms with E-state index in [-0.39, 0.29) is 34.9 Å². The Bertz CT molecular complexity index is 1050. The number of amides is 2. The largest absolute Gasteiger partial charge is 0.497 e. The van der Waals surface area contributed by atoms with E-state index in [0.717, 1.165) is 35.3 Å². The van der Waals surface area contributed by atoms with Crippen molar-refractivity contribution in [3.8, 4) is 5.75 Å². The van der Waals surface area contributed by atoms with Gasteiger partial charge < -0.3 is 21.1 Å². The number of anilines is 1. The summed E-state index contributed by atoms with van der Waals surface area (Å²) in [5, 5.41) is 5.19.